The van der Waals surface area contributed by atoms with Crippen LogP contribution in [0.3, 0.4) is 0 Å². The fourth-order valence-corrected chi connectivity index (χ4v) is 1.51. The van der Waals surface area contributed by atoms with E-state index in [1.165, 1.54) is 5.52 Å². The van der Waals surface area contributed by atoms with E-state index in [1.807, 2.05) is 46.1 Å². The van der Waals surface area contributed by atoms with E-state index in [9.17, 15) is 0 Å². The first-order valence-electron chi connectivity index (χ1n) is 5.38. The van der Waals surface area contributed by atoms with Crippen molar-refractivity contribution in [3.8, 4) is 0 Å². The van der Waals surface area contributed by atoms with Crippen molar-refractivity contribution in [1.29, 1.82) is 0 Å². The van der Waals surface area contributed by atoms with Crippen molar-refractivity contribution in [2.75, 3.05) is 7.05 Å². The van der Waals surface area contributed by atoms with Crippen LogP contribution in [0.2, 0.25) is 0 Å². The number of imidazole rings is 1. The molecule has 0 saturated carbocycles. The Morgan fingerprint density at radius 2 is 1.93 bits per heavy atom. The van der Waals surface area contributed by atoms with Gasteiger partial charge in [0.25, 0.3) is 0 Å². The van der Waals surface area contributed by atoms with Crippen molar-refractivity contribution in [2.45, 2.75) is 20.4 Å². The highest BCUT2D eigenvalue weighted by atomic mass is 15.1. The van der Waals surface area contributed by atoms with Crippen molar-refractivity contribution >= 4 is 11.0 Å². The number of para-hydroxylation sites is 2. The Bertz CT molecular complexity index is 418. The monoisotopic (exact) mass is 205 g/mol. The number of rotatable bonds is 2. The molecule has 0 saturated heterocycles. The van der Waals surface area contributed by atoms with Crippen LogP contribution in [0.5, 0.6) is 0 Å². The Balaban J connectivity index is 0.000000531. The first-order chi connectivity index (χ1) is 7.33. The lowest BCUT2D eigenvalue weighted by molar-refractivity contribution is 0.719. The average Bonchev–Trinajstić information content (AvgIpc) is 2.60. The van der Waals surface area contributed by atoms with Crippen molar-refractivity contribution in [3.05, 3.63) is 30.1 Å². The molecule has 0 aliphatic heterocycles. The topological polar surface area (TPSA) is 29.9 Å². The lowest BCUT2D eigenvalue weighted by Crippen LogP contribution is -2.10. The standard InChI is InChI=1S/C10H13N3.C2H6/c1-11-7-10-12-8-5-3-4-6-9(8)13(10)2;1-2/h3-6,11H,7H2,1-2H3;1-2H3. The minimum atomic E-state index is 0.811. The Morgan fingerprint density at radius 1 is 1.27 bits per heavy atom. The molecule has 3 heteroatoms. The summed E-state index contributed by atoms with van der Waals surface area (Å²) in [6, 6.07) is 8.17. The highest BCUT2D eigenvalue weighted by Gasteiger charge is 2.04. The largest absolute Gasteiger partial charge is 0.330 e. The van der Waals surface area contributed by atoms with Crippen molar-refractivity contribution in [3.63, 3.8) is 0 Å². The lowest BCUT2D eigenvalue weighted by Gasteiger charge is -1.99. The normalized spacial score (nSPS) is 9.87. The molecule has 1 aromatic heterocycles. The van der Waals surface area contributed by atoms with Crippen LogP contribution in [0, 0.1) is 0 Å². The van der Waals surface area contributed by atoms with Gasteiger partial charge >= 0.3 is 0 Å². The molecule has 0 radical (unpaired) electrons. The number of benzene rings is 1. The van der Waals surface area contributed by atoms with Crippen molar-refractivity contribution < 1.29 is 0 Å². The molecule has 0 atom stereocenters. The minimum Gasteiger partial charge on any atom is -0.330 e. The third-order valence-electron chi connectivity index (χ3n) is 2.21. The number of aryl methyl sites for hydroxylation is 1. The summed E-state index contributed by atoms with van der Waals surface area (Å²) in [5.41, 5.74) is 2.25. The summed E-state index contributed by atoms with van der Waals surface area (Å²) in [6.07, 6.45) is 0. The van der Waals surface area contributed by atoms with E-state index in [1.54, 1.807) is 0 Å². The average molecular weight is 205 g/mol. The van der Waals surface area contributed by atoms with Crippen LogP contribution in [-0.2, 0) is 13.6 Å². The quantitative estimate of drug-likeness (QED) is 0.815. The predicted octanol–water partition coefficient (Wildman–Crippen LogP) is 2.32. The number of aromatic nitrogens is 2. The molecule has 0 fully saturated rings. The maximum Gasteiger partial charge on any atom is 0.123 e. The summed E-state index contributed by atoms with van der Waals surface area (Å²) in [5, 5.41) is 3.10. The number of nitrogens with one attached hydrogen (secondary N) is 1. The van der Waals surface area contributed by atoms with Gasteiger partial charge < -0.3 is 9.88 Å². The third kappa shape index (κ3) is 2.36. The predicted molar refractivity (Wildman–Crippen MR) is 64.8 cm³/mol. The second-order valence-corrected chi connectivity index (χ2v) is 3.11. The van der Waals surface area contributed by atoms with Crippen LogP contribution in [-0.4, -0.2) is 16.6 Å². The maximum absolute atomic E-state index is 4.50. The first-order valence-corrected chi connectivity index (χ1v) is 5.38. The van der Waals surface area contributed by atoms with Gasteiger partial charge in [-0.15, -0.1) is 0 Å². The van der Waals surface area contributed by atoms with Gasteiger partial charge in [-0.05, 0) is 19.2 Å². The van der Waals surface area contributed by atoms with Crippen LogP contribution in [0.25, 0.3) is 11.0 Å². The Labute approximate surface area is 91.1 Å². The summed E-state index contributed by atoms with van der Waals surface area (Å²) < 4.78 is 2.12. The molecule has 2 aromatic rings. The molecule has 3 nitrogen and oxygen atoms in total. The Kier molecular flexibility index (Phi) is 4.31. The van der Waals surface area contributed by atoms with E-state index in [0.29, 0.717) is 0 Å². The second-order valence-electron chi connectivity index (χ2n) is 3.11. The van der Waals surface area contributed by atoms with Gasteiger partial charge in [-0.25, -0.2) is 4.98 Å². The second kappa shape index (κ2) is 5.51. The van der Waals surface area contributed by atoms with Crippen LogP contribution < -0.4 is 5.32 Å². The van der Waals surface area contributed by atoms with Gasteiger partial charge in [0, 0.05) is 7.05 Å². The van der Waals surface area contributed by atoms with Crippen LogP contribution >= 0.6 is 0 Å². The molecule has 1 aromatic carbocycles. The zero-order chi connectivity index (χ0) is 11.3. The van der Waals surface area contributed by atoms with E-state index < -0.39 is 0 Å². The van der Waals surface area contributed by atoms with Gasteiger partial charge in [0.05, 0.1) is 17.6 Å². The fourth-order valence-electron chi connectivity index (χ4n) is 1.51. The van der Waals surface area contributed by atoms with Gasteiger partial charge in [-0.1, -0.05) is 26.0 Å². The molecule has 0 unspecified atom stereocenters. The number of hydrogen-bond acceptors (Lipinski definition) is 2. The molecule has 1 heterocycles. The Morgan fingerprint density at radius 3 is 2.53 bits per heavy atom. The smallest absolute Gasteiger partial charge is 0.123 e. The van der Waals surface area contributed by atoms with E-state index in [0.717, 1.165) is 17.9 Å². The van der Waals surface area contributed by atoms with Gasteiger partial charge in [-0.3, -0.25) is 0 Å². The van der Waals surface area contributed by atoms with Gasteiger partial charge in [0.2, 0.25) is 0 Å². The summed E-state index contributed by atoms with van der Waals surface area (Å²) >= 11 is 0. The lowest BCUT2D eigenvalue weighted by atomic mass is 10.3. The van der Waals surface area contributed by atoms with Crippen LogP contribution in [0.15, 0.2) is 24.3 Å². The molecule has 0 bridgehead atoms. The number of hydrogen-bond donors (Lipinski definition) is 1. The van der Waals surface area contributed by atoms with Gasteiger partial charge in [0.15, 0.2) is 0 Å². The van der Waals surface area contributed by atoms with E-state index in [4.69, 9.17) is 0 Å². The molecule has 1 N–H and O–H groups in total. The third-order valence-corrected chi connectivity index (χ3v) is 2.21. The van der Waals surface area contributed by atoms with E-state index in [-0.39, 0.29) is 0 Å². The minimum absolute atomic E-state index is 0.811. The highest BCUT2D eigenvalue weighted by Crippen LogP contribution is 2.13. The molecule has 15 heavy (non-hydrogen) atoms. The van der Waals surface area contributed by atoms with Crippen molar-refractivity contribution in [2.24, 2.45) is 7.05 Å². The molecule has 0 amide bonds. The highest BCUT2D eigenvalue weighted by molar-refractivity contribution is 5.75. The van der Waals surface area contributed by atoms with E-state index >= 15 is 0 Å². The summed E-state index contributed by atoms with van der Waals surface area (Å²) in [5.74, 6) is 1.07. The molecular formula is C12H19N3. The molecule has 0 aliphatic rings. The fraction of sp³-hybridized carbons (Fsp3) is 0.417. The molecule has 82 valence electrons. The van der Waals surface area contributed by atoms with Crippen LogP contribution in [0.1, 0.15) is 19.7 Å². The summed E-state index contributed by atoms with van der Waals surface area (Å²) in [4.78, 5) is 4.50. The van der Waals surface area contributed by atoms with E-state index in [2.05, 4.69) is 20.9 Å². The number of nitrogens with zero attached hydrogens (tertiary/aromatic N) is 2. The molecule has 0 spiro atoms. The van der Waals surface area contributed by atoms with Gasteiger partial charge in [0.1, 0.15) is 5.82 Å². The van der Waals surface area contributed by atoms with Crippen LogP contribution in [0.4, 0.5) is 0 Å². The zero-order valence-electron chi connectivity index (χ0n) is 9.91. The zero-order valence-corrected chi connectivity index (χ0v) is 9.91. The maximum atomic E-state index is 4.50. The molecular weight excluding hydrogens is 186 g/mol. The summed E-state index contributed by atoms with van der Waals surface area (Å²) in [7, 11) is 3.97. The molecule has 2 rings (SSSR count). The first kappa shape index (κ1) is 11.7. The van der Waals surface area contributed by atoms with Gasteiger partial charge in [-0.2, -0.15) is 0 Å². The Hall–Kier alpha value is -1.35. The SMILES string of the molecule is CC.CNCc1nc2ccccc2n1C. The van der Waals surface area contributed by atoms with Crippen molar-refractivity contribution in [1.82, 2.24) is 14.9 Å². The molecule has 0 aliphatic carbocycles. The number of fused-ring (bicyclic) bond motifs is 1. The summed E-state index contributed by atoms with van der Waals surface area (Å²) in [6.45, 7) is 4.81.